The van der Waals surface area contributed by atoms with Crippen LogP contribution in [0.2, 0.25) is 0 Å². The Bertz CT molecular complexity index is 756. The van der Waals surface area contributed by atoms with Crippen LogP contribution in [0.1, 0.15) is 23.2 Å². The summed E-state index contributed by atoms with van der Waals surface area (Å²) in [6, 6.07) is 5.56. The average molecular weight is 384 g/mol. The topological polar surface area (TPSA) is 104 Å². The van der Waals surface area contributed by atoms with Gasteiger partial charge in [-0.25, -0.2) is 13.2 Å². The molecule has 0 atom stereocenters. The Hall–Kier alpha value is -1.97. The maximum atomic E-state index is 12.8. The first-order valence-electron chi connectivity index (χ1n) is 8.35. The van der Waals surface area contributed by atoms with Gasteiger partial charge in [-0.05, 0) is 25.0 Å². The molecule has 1 saturated heterocycles. The third-order valence-electron chi connectivity index (χ3n) is 4.55. The largest absolute Gasteiger partial charge is 0.478 e. The molecule has 0 spiro atoms. The Morgan fingerprint density at radius 3 is 2.46 bits per heavy atom. The molecule has 1 amide bonds. The van der Waals surface area contributed by atoms with E-state index in [1.807, 2.05) is 0 Å². The molecule has 9 heteroatoms. The van der Waals surface area contributed by atoms with E-state index in [1.165, 1.54) is 28.6 Å². The molecule has 1 heterocycles. The Labute approximate surface area is 153 Å². The molecule has 1 aromatic carbocycles. The lowest BCUT2D eigenvalue weighted by atomic mass is 9.97. The second-order valence-electron chi connectivity index (χ2n) is 6.23. The van der Waals surface area contributed by atoms with Crippen LogP contribution in [0.5, 0.6) is 0 Å². The normalized spacial score (nSPS) is 16.4. The van der Waals surface area contributed by atoms with E-state index in [2.05, 4.69) is 0 Å². The highest BCUT2D eigenvalue weighted by atomic mass is 32.2. The van der Waals surface area contributed by atoms with Gasteiger partial charge in [-0.3, -0.25) is 4.79 Å². The highest BCUT2D eigenvalue weighted by Crippen LogP contribution is 2.26. The molecule has 1 N–H and O–H groups in total. The van der Waals surface area contributed by atoms with Crippen LogP contribution < -0.4 is 0 Å². The van der Waals surface area contributed by atoms with Crippen molar-refractivity contribution in [2.45, 2.75) is 17.7 Å². The van der Waals surface area contributed by atoms with Gasteiger partial charge in [0.25, 0.3) is 0 Å². The van der Waals surface area contributed by atoms with E-state index in [-0.39, 0.29) is 35.4 Å². The van der Waals surface area contributed by atoms with Gasteiger partial charge in [0.1, 0.15) is 0 Å². The van der Waals surface area contributed by atoms with Gasteiger partial charge in [0.05, 0.1) is 17.1 Å². The van der Waals surface area contributed by atoms with E-state index in [0.29, 0.717) is 26.0 Å². The SMILES string of the molecule is COCCN(C)C(=O)C1CCN(S(=O)(=O)c2ccccc2C(=O)O)CC1. The Balaban J connectivity index is 2.08. The summed E-state index contributed by atoms with van der Waals surface area (Å²) in [5.74, 6) is -1.54. The third-order valence-corrected chi connectivity index (χ3v) is 6.50. The molecule has 0 aromatic heterocycles. The Morgan fingerprint density at radius 2 is 1.88 bits per heavy atom. The second kappa shape index (κ2) is 8.61. The van der Waals surface area contributed by atoms with Gasteiger partial charge in [-0.15, -0.1) is 0 Å². The Morgan fingerprint density at radius 1 is 1.27 bits per heavy atom. The third kappa shape index (κ3) is 4.40. The number of carboxylic acid groups (broad SMARTS) is 1. The standard InChI is InChI=1S/C17H24N2O6S/c1-18(11-12-25-2)16(20)13-7-9-19(10-8-13)26(23,24)15-6-4-3-5-14(15)17(21)22/h3-6,13H,7-12H2,1-2H3,(H,21,22). The molecule has 0 unspecified atom stereocenters. The van der Waals surface area contributed by atoms with E-state index < -0.39 is 16.0 Å². The van der Waals surface area contributed by atoms with Crippen LogP contribution in [-0.4, -0.2) is 75.0 Å². The molecule has 1 aliphatic rings. The second-order valence-corrected chi connectivity index (χ2v) is 8.14. The summed E-state index contributed by atoms with van der Waals surface area (Å²) < 4.78 is 31.8. The van der Waals surface area contributed by atoms with Crippen molar-refractivity contribution in [3.8, 4) is 0 Å². The van der Waals surface area contributed by atoms with Crippen molar-refractivity contribution in [1.29, 1.82) is 0 Å². The molecule has 0 bridgehead atoms. The summed E-state index contributed by atoms with van der Waals surface area (Å²) in [6.45, 7) is 1.30. The number of aromatic carboxylic acids is 1. The monoisotopic (exact) mass is 384 g/mol. The van der Waals surface area contributed by atoms with Crippen LogP contribution in [0.25, 0.3) is 0 Å². The van der Waals surface area contributed by atoms with E-state index in [1.54, 1.807) is 19.1 Å². The number of carboxylic acids is 1. The number of ether oxygens (including phenoxy) is 1. The molecular formula is C17H24N2O6S. The molecule has 0 radical (unpaired) electrons. The van der Waals surface area contributed by atoms with Crippen LogP contribution in [0, 0.1) is 5.92 Å². The number of hydrogen-bond acceptors (Lipinski definition) is 5. The van der Waals surface area contributed by atoms with Crippen molar-refractivity contribution >= 4 is 21.9 Å². The molecule has 2 rings (SSSR count). The van der Waals surface area contributed by atoms with Gasteiger partial charge in [0.2, 0.25) is 15.9 Å². The van der Waals surface area contributed by atoms with Crippen molar-refractivity contribution in [1.82, 2.24) is 9.21 Å². The van der Waals surface area contributed by atoms with Gasteiger partial charge in [0.15, 0.2) is 0 Å². The number of carbonyl (C=O) groups is 2. The molecule has 144 valence electrons. The van der Waals surface area contributed by atoms with Gasteiger partial charge in [0, 0.05) is 39.7 Å². The number of benzene rings is 1. The fraction of sp³-hybridized carbons (Fsp3) is 0.529. The fourth-order valence-corrected chi connectivity index (χ4v) is 4.65. The van der Waals surface area contributed by atoms with E-state index in [0.717, 1.165) is 0 Å². The molecule has 1 aliphatic heterocycles. The van der Waals surface area contributed by atoms with Crippen molar-refractivity contribution in [2.24, 2.45) is 5.92 Å². The number of amides is 1. The summed E-state index contributed by atoms with van der Waals surface area (Å²) in [6.07, 6.45) is 0.815. The summed E-state index contributed by atoms with van der Waals surface area (Å²) in [4.78, 5) is 25.1. The predicted octanol–water partition coefficient (Wildman–Crippen LogP) is 0.890. The predicted molar refractivity (Wildman–Crippen MR) is 94.4 cm³/mol. The number of rotatable bonds is 7. The van der Waals surface area contributed by atoms with Crippen LogP contribution >= 0.6 is 0 Å². The average Bonchev–Trinajstić information content (AvgIpc) is 2.65. The molecule has 0 saturated carbocycles. The lowest BCUT2D eigenvalue weighted by Gasteiger charge is -2.32. The number of hydrogen-bond donors (Lipinski definition) is 1. The van der Waals surface area contributed by atoms with Crippen LogP contribution in [-0.2, 0) is 19.6 Å². The summed E-state index contributed by atoms with van der Waals surface area (Å²) >= 11 is 0. The summed E-state index contributed by atoms with van der Waals surface area (Å²) in [7, 11) is -0.646. The first-order chi connectivity index (χ1) is 12.3. The smallest absolute Gasteiger partial charge is 0.337 e. The maximum Gasteiger partial charge on any atom is 0.337 e. The molecule has 1 fully saturated rings. The minimum atomic E-state index is -3.91. The zero-order valence-electron chi connectivity index (χ0n) is 14.9. The van der Waals surface area contributed by atoms with Gasteiger partial charge < -0.3 is 14.7 Å². The van der Waals surface area contributed by atoms with E-state index in [4.69, 9.17) is 4.74 Å². The highest BCUT2D eigenvalue weighted by molar-refractivity contribution is 7.89. The van der Waals surface area contributed by atoms with E-state index >= 15 is 0 Å². The van der Waals surface area contributed by atoms with Gasteiger partial charge in [-0.2, -0.15) is 4.31 Å². The van der Waals surface area contributed by atoms with Crippen molar-refractivity contribution in [2.75, 3.05) is 40.4 Å². The van der Waals surface area contributed by atoms with Crippen molar-refractivity contribution < 1.29 is 27.9 Å². The lowest BCUT2D eigenvalue weighted by Crippen LogP contribution is -2.44. The van der Waals surface area contributed by atoms with Crippen molar-refractivity contribution in [3.63, 3.8) is 0 Å². The molecule has 26 heavy (non-hydrogen) atoms. The highest BCUT2D eigenvalue weighted by Gasteiger charge is 2.34. The molecular weight excluding hydrogens is 360 g/mol. The van der Waals surface area contributed by atoms with Crippen molar-refractivity contribution in [3.05, 3.63) is 29.8 Å². The van der Waals surface area contributed by atoms with E-state index in [9.17, 15) is 23.1 Å². The number of sulfonamides is 1. The first-order valence-corrected chi connectivity index (χ1v) is 9.79. The molecule has 0 aliphatic carbocycles. The number of methoxy groups -OCH3 is 1. The van der Waals surface area contributed by atoms with Gasteiger partial charge in [-0.1, -0.05) is 12.1 Å². The molecule has 8 nitrogen and oxygen atoms in total. The summed E-state index contributed by atoms with van der Waals surface area (Å²) in [5, 5.41) is 9.23. The zero-order valence-corrected chi connectivity index (χ0v) is 15.7. The minimum Gasteiger partial charge on any atom is -0.478 e. The Kier molecular flexibility index (Phi) is 6.74. The molecule has 1 aromatic rings. The summed E-state index contributed by atoms with van der Waals surface area (Å²) in [5.41, 5.74) is -0.245. The van der Waals surface area contributed by atoms with Crippen LogP contribution in [0.4, 0.5) is 0 Å². The number of piperidine rings is 1. The van der Waals surface area contributed by atoms with Crippen LogP contribution in [0.3, 0.4) is 0 Å². The maximum absolute atomic E-state index is 12.8. The minimum absolute atomic E-state index is 0.0231. The van der Waals surface area contributed by atoms with Gasteiger partial charge >= 0.3 is 5.97 Å². The fourth-order valence-electron chi connectivity index (χ4n) is 3.00. The quantitative estimate of drug-likeness (QED) is 0.749. The number of carbonyl (C=O) groups excluding carboxylic acids is 1. The lowest BCUT2D eigenvalue weighted by molar-refractivity contribution is -0.135. The number of likely N-dealkylation sites (N-methyl/N-ethyl adjacent to an activating group) is 1. The zero-order chi connectivity index (χ0) is 19.3. The number of nitrogens with zero attached hydrogens (tertiary/aromatic N) is 2. The first kappa shape index (κ1) is 20.3. The van der Waals surface area contributed by atoms with Crippen LogP contribution in [0.15, 0.2) is 29.2 Å².